The maximum atomic E-state index is 13.3. The van der Waals surface area contributed by atoms with Crippen molar-refractivity contribution in [1.82, 2.24) is 4.57 Å². The van der Waals surface area contributed by atoms with E-state index >= 15 is 0 Å². The molecular formula is C26H35NO4. The normalized spacial score (nSPS) is 15.0. The van der Waals surface area contributed by atoms with Crippen molar-refractivity contribution in [3.8, 4) is 5.75 Å². The highest BCUT2D eigenvalue weighted by molar-refractivity contribution is 6.11. The molecule has 2 heterocycles. The standard InChI is InChI=1S/C26H35NO4/c1-4-5-6-7-8-9-12-17-31-26(29)20-15-16-27-22(20)18-19(2)24(27)25(28)21-13-10-11-14-23(21)30-3/h10-11,13-14,18,20H,4-9,12,15-17H2,1-3H3. The first kappa shape index (κ1) is 23.1. The SMILES string of the molecule is CCCCCCCCCOC(=O)C1CCn2c1cc(C)c2C(=O)c1ccccc1OC. The van der Waals surface area contributed by atoms with Crippen LogP contribution >= 0.6 is 0 Å². The second-order valence-electron chi connectivity index (χ2n) is 8.41. The molecule has 0 saturated heterocycles. The number of para-hydroxylation sites is 1. The zero-order valence-corrected chi connectivity index (χ0v) is 19.1. The summed E-state index contributed by atoms with van der Waals surface area (Å²) >= 11 is 0. The van der Waals surface area contributed by atoms with Gasteiger partial charge in [-0.15, -0.1) is 0 Å². The summed E-state index contributed by atoms with van der Waals surface area (Å²) in [5.41, 5.74) is 2.96. The molecule has 0 N–H and O–H groups in total. The number of unbranched alkanes of at least 4 members (excludes halogenated alkanes) is 6. The predicted octanol–water partition coefficient (Wildman–Crippen LogP) is 5.82. The number of fused-ring (bicyclic) bond motifs is 1. The molecule has 0 amide bonds. The van der Waals surface area contributed by atoms with E-state index in [9.17, 15) is 9.59 Å². The Morgan fingerprint density at radius 1 is 1.06 bits per heavy atom. The number of hydrogen-bond donors (Lipinski definition) is 0. The highest BCUT2D eigenvalue weighted by atomic mass is 16.5. The van der Waals surface area contributed by atoms with Crippen LogP contribution in [0.3, 0.4) is 0 Å². The zero-order valence-electron chi connectivity index (χ0n) is 19.1. The molecule has 5 heteroatoms. The van der Waals surface area contributed by atoms with Crippen LogP contribution in [0, 0.1) is 6.92 Å². The number of rotatable bonds is 12. The van der Waals surface area contributed by atoms with E-state index in [4.69, 9.17) is 9.47 Å². The molecule has 0 bridgehead atoms. The molecule has 5 nitrogen and oxygen atoms in total. The molecular weight excluding hydrogens is 390 g/mol. The number of hydrogen-bond acceptors (Lipinski definition) is 4. The van der Waals surface area contributed by atoms with Crippen LogP contribution in [0.1, 0.15) is 91.5 Å². The molecule has 0 fully saturated rings. The van der Waals surface area contributed by atoms with E-state index in [2.05, 4.69) is 6.92 Å². The van der Waals surface area contributed by atoms with Gasteiger partial charge in [-0.05, 0) is 43.5 Å². The minimum atomic E-state index is -0.289. The van der Waals surface area contributed by atoms with E-state index < -0.39 is 0 Å². The van der Waals surface area contributed by atoms with E-state index in [1.54, 1.807) is 19.2 Å². The summed E-state index contributed by atoms with van der Waals surface area (Å²) < 4.78 is 12.9. The summed E-state index contributed by atoms with van der Waals surface area (Å²) in [6, 6.07) is 9.23. The monoisotopic (exact) mass is 425 g/mol. The third-order valence-corrected chi connectivity index (χ3v) is 6.16. The van der Waals surface area contributed by atoms with Gasteiger partial charge in [0.25, 0.3) is 0 Å². The Morgan fingerprint density at radius 3 is 2.52 bits per heavy atom. The Kier molecular flexibility index (Phi) is 8.33. The lowest BCUT2D eigenvalue weighted by Gasteiger charge is -2.10. The van der Waals surface area contributed by atoms with E-state index in [-0.39, 0.29) is 17.7 Å². The minimum absolute atomic E-state index is 0.0710. The average Bonchev–Trinajstić information content (AvgIpc) is 3.32. The van der Waals surface area contributed by atoms with Gasteiger partial charge in [-0.1, -0.05) is 57.6 Å². The quantitative estimate of drug-likeness (QED) is 0.244. The Bertz CT molecular complexity index is 899. The van der Waals surface area contributed by atoms with Crippen molar-refractivity contribution < 1.29 is 19.1 Å². The van der Waals surface area contributed by atoms with Crippen molar-refractivity contribution in [2.45, 2.75) is 77.7 Å². The van der Waals surface area contributed by atoms with Gasteiger partial charge in [0, 0.05) is 12.2 Å². The van der Waals surface area contributed by atoms with Gasteiger partial charge in [-0.2, -0.15) is 0 Å². The van der Waals surface area contributed by atoms with Crippen molar-refractivity contribution in [3.63, 3.8) is 0 Å². The zero-order chi connectivity index (χ0) is 22.2. The lowest BCUT2D eigenvalue weighted by atomic mass is 10.0. The van der Waals surface area contributed by atoms with E-state index in [0.29, 0.717) is 36.6 Å². The summed E-state index contributed by atoms with van der Waals surface area (Å²) in [5, 5.41) is 0. The summed E-state index contributed by atoms with van der Waals surface area (Å²) in [6.07, 6.45) is 9.03. The molecule has 3 rings (SSSR count). The summed E-state index contributed by atoms with van der Waals surface area (Å²) in [7, 11) is 1.57. The lowest BCUT2D eigenvalue weighted by Crippen LogP contribution is -2.14. The second-order valence-corrected chi connectivity index (χ2v) is 8.41. The number of carbonyl (C=O) groups is 2. The highest BCUT2D eigenvalue weighted by Gasteiger charge is 2.34. The Morgan fingerprint density at radius 2 is 1.77 bits per heavy atom. The number of aromatic nitrogens is 1. The maximum absolute atomic E-state index is 13.3. The van der Waals surface area contributed by atoms with Crippen LogP contribution in [0.15, 0.2) is 30.3 Å². The van der Waals surface area contributed by atoms with E-state index in [1.165, 1.54) is 32.1 Å². The number of ether oxygens (including phenoxy) is 2. The first-order chi connectivity index (χ1) is 15.1. The van der Waals surface area contributed by atoms with Crippen molar-refractivity contribution in [1.29, 1.82) is 0 Å². The Labute approximate surface area is 185 Å². The number of methoxy groups -OCH3 is 1. The van der Waals surface area contributed by atoms with Gasteiger partial charge in [0.05, 0.1) is 30.9 Å². The topological polar surface area (TPSA) is 57.5 Å². The van der Waals surface area contributed by atoms with E-state index in [1.807, 2.05) is 29.7 Å². The minimum Gasteiger partial charge on any atom is -0.496 e. The molecule has 1 aromatic heterocycles. The van der Waals surface area contributed by atoms with Crippen molar-refractivity contribution in [2.75, 3.05) is 13.7 Å². The van der Waals surface area contributed by atoms with Crippen molar-refractivity contribution >= 4 is 11.8 Å². The molecule has 1 atom stereocenters. The van der Waals surface area contributed by atoms with Crippen LogP contribution in [0.5, 0.6) is 5.75 Å². The Hall–Kier alpha value is -2.56. The molecule has 168 valence electrons. The number of aryl methyl sites for hydroxylation is 1. The van der Waals surface area contributed by atoms with Crippen LogP contribution in [-0.2, 0) is 16.1 Å². The summed E-state index contributed by atoms with van der Waals surface area (Å²) in [4.78, 5) is 26.0. The fraction of sp³-hybridized carbons (Fsp3) is 0.538. The van der Waals surface area contributed by atoms with E-state index in [0.717, 1.165) is 24.1 Å². The van der Waals surface area contributed by atoms with Crippen molar-refractivity contribution in [3.05, 3.63) is 52.8 Å². The average molecular weight is 426 g/mol. The summed E-state index contributed by atoms with van der Waals surface area (Å²) in [5.74, 6) is 0.0328. The third kappa shape index (κ3) is 5.38. The summed E-state index contributed by atoms with van der Waals surface area (Å²) in [6.45, 7) is 5.28. The van der Waals surface area contributed by atoms with Gasteiger partial charge in [0.2, 0.25) is 5.78 Å². The van der Waals surface area contributed by atoms with Gasteiger partial charge < -0.3 is 14.0 Å². The molecule has 1 aliphatic rings. The fourth-order valence-electron chi connectivity index (χ4n) is 4.48. The van der Waals surface area contributed by atoms with Gasteiger partial charge in [0.15, 0.2) is 0 Å². The Balaban J connectivity index is 1.60. The largest absolute Gasteiger partial charge is 0.496 e. The molecule has 0 radical (unpaired) electrons. The van der Waals surface area contributed by atoms with Gasteiger partial charge in [-0.25, -0.2) is 0 Å². The molecule has 31 heavy (non-hydrogen) atoms. The van der Waals surface area contributed by atoms with Crippen LogP contribution in [0.25, 0.3) is 0 Å². The first-order valence-electron chi connectivity index (χ1n) is 11.6. The number of ketones is 1. The number of carbonyl (C=O) groups excluding carboxylic acids is 2. The molecule has 0 spiro atoms. The molecule has 1 aromatic carbocycles. The highest BCUT2D eigenvalue weighted by Crippen LogP contribution is 2.35. The van der Waals surface area contributed by atoms with Gasteiger partial charge in [-0.3, -0.25) is 9.59 Å². The van der Waals surface area contributed by atoms with Crippen LogP contribution in [0.4, 0.5) is 0 Å². The van der Waals surface area contributed by atoms with Crippen LogP contribution < -0.4 is 4.74 Å². The van der Waals surface area contributed by atoms with Crippen LogP contribution in [-0.4, -0.2) is 30.0 Å². The molecule has 0 saturated carbocycles. The molecule has 2 aromatic rings. The lowest BCUT2D eigenvalue weighted by molar-refractivity contribution is -0.145. The van der Waals surface area contributed by atoms with Gasteiger partial charge >= 0.3 is 5.97 Å². The molecule has 0 aliphatic carbocycles. The number of nitrogens with zero attached hydrogens (tertiary/aromatic N) is 1. The predicted molar refractivity (Wildman–Crippen MR) is 122 cm³/mol. The first-order valence-corrected chi connectivity index (χ1v) is 11.6. The molecule has 1 unspecified atom stereocenters. The van der Waals surface area contributed by atoms with Gasteiger partial charge in [0.1, 0.15) is 5.75 Å². The third-order valence-electron chi connectivity index (χ3n) is 6.16. The fourth-order valence-corrected chi connectivity index (χ4v) is 4.48. The second kappa shape index (κ2) is 11.2. The smallest absolute Gasteiger partial charge is 0.315 e. The van der Waals surface area contributed by atoms with Crippen molar-refractivity contribution in [2.24, 2.45) is 0 Å². The molecule has 1 aliphatic heterocycles. The number of benzene rings is 1. The van der Waals surface area contributed by atoms with Crippen LogP contribution in [0.2, 0.25) is 0 Å². The maximum Gasteiger partial charge on any atom is 0.315 e. The number of esters is 1.